The molecule has 1 N–H and O–H groups in total. The van der Waals surface area contributed by atoms with Gasteiger partial charge in [-0.1, -0.05) is 6.07 Å². The number of rotatable bonds is 3. The first-order chi connectivity index (χ1) is 9.29. The minimum atomic E-state index is 0.613. The topological polar surface area (TPSA) is 42.7 Å². The molecule has 4 nitrogen and oxygen atoms in total. The largest absolute Gasteiger partial charge is 0.350 e. The second-order valence-corrected chi connectivity index (χ2v) is 5.81. The van der Waals surface area contributed by atoms with E-state index in [-0.39, 0.29) is 0 Å². The highest BCUT2D eigenvalue weighted by Gasteiger charge is 2.27. The van der Waals surface area contributed by atoms with E-state index in [0.29, 0.717) is 5.92 Å². The van der Waals surface area contributed by atoms with Gasteiger partial charge in [0.1, 0.15) is 5.82 Å². The molecule has 1 saturated carbocycles. The van der Waals surface area contributed by atoms with Crippen LogP contribution in [0.1, 0.15) is 24.6 Å². The van der Waals surface area contributed by atoms with Gasteiger partial charge >= 0.3 is 0 Å². The Morgan fingerprint density at radius 3 is 3.05 bits per heavy atom. The minimum absolute atomic E-state index is 0.613. The molecule has 2 heterocycles. The lowest BCUT2D eigenvalue weighted by Gasteiger charge is -2.03. The Hall–Kier alpha value is -1.88. The highest BCUT2D eigenvalue weighted by Crippen LogP contribution is 2.39. The molecule has 0 saturated heterocycles. The summed E-state index contributed by atoms with van der Waals surface area (Å²) in [6, 6.07) is 8.48. The van der Waals surface area contributed by atoms with E-state index in [9.17, 15) is 0 Å². The summed E-state index contributed by atoms with van der Waals surface area (Å²) in [6.07, 6.45) is 4.56. The lowest BCUT2D eigenvalue weighted by atomic mass is 10.2. The van der Waals surface area contributed by atoms with E-state index in [1.165, 1.54) is 35.3 Å². The van der Waals surface area contributed by atoms with Crippen LogP contribution in [0.15, 0.2) is 30.5 Å². The third-order valence-electron chi connectivity index (χ3n) is 3.52. The number of anilines is 2. The molecule has 1 aliphatic carbocycles. The fourth-order valence-corrected chi connectivity index (χ4v) is 2.92. The first-order valence-electron chi connectivity index (χ1n) is 6.45. The van der Waals surface area contributed by atoms with Crippen LogP contribution >= 0.6 is 11.5 Å². The molecule has 0 bridgehead atoms. The van der Waals surface area contributed by atoms with E-state index >= 15 is 0 Å². The quantitative estimate of drug-likeness (QED) is 0.790. The van der Waals surface area contributed by atoms with E-state index in [1.54, 1.807) is 0 Å². The van der Waals surface area contributed by atoms with E-state index in [2.05, 4.69) is 56.8 Å². The molecule has 4 rings (SSSR count). The molecule has 96 valence electrons. The minimum Gasteiger partial charge on any atom is -0.350 e. The van der Waals surface area contributed by atoms with Gasteiger partial charge in [-0.25, -0.2) is 4.98 Å². The molecule has 0 spiro atoms. The maximum atomic E-state index is 4.55. The molecule has 0 radical (unpaired) electrons. The molecule has 19 heavy (non-hydrogen) atoms. The lowest BCUT2D eigenvalue weighted by Crippen LogP contribution is -1.91. The monoisotopic (exact) mass is 270 g/mol. The SMILES string of the molecule is Cn1ccc2ccc(Nc3nc(C4CC4)ns3)cc21. The molecule has 1 fully saturated rings. The summed E-state index contributed by atoms with van der Waals surface area (Å²) in [7, 11) is 2.06. The molecule has 0 unspecified atom stereocenters. The molecular weight excluding hydrogens is 256 g/mol. The normalized spacial score (nSPS) is 15.0. The Kier molecular flexibility index (Phi) is 2.35. The van der Waals surface area contributed by atoms with Crippen LogP contribution < -0.4 is 5.32 Å². The van der Waals surface area contributed by atoms with Crippen LogP contribution in [0.25, 0.3) is 10.9 Å². The van der Waals surface area contributed by atoms with Gasteiger partial charge in [0.15, 0.2) is 0 Å². The Morgan fingerprint density at radius 2 is 2.21 bits per heavy atom. The van der Waals surface area contributed by atoms with Gasteiger partial charge in [-0.15, -0.1) is 0 Å². The van der Waals surface area contributed by atoms with Crippen molar-refractivity contribution in [3.05, 3.63) is 36.3 Å². The van der Waals surface area contributed by atoms with Crippen LogP contribution in [0.2, 0.25) is 0 Å². The molecule has 0 aliphatic heterocycles. The molecule has 1 aromatic carbocycles. The van der Waals surface area contributed by atoms with Crippen molar-refractivity contribution < 1.29 is 0 Å². The van der Waals surface area contributed by atoms with Gasteiger partial charge in [-0.3, -0.25) is 0 Å². The number of nitrogens with zero attached hydrogens (tertiary/aromatic N) is 3. The van der Waals surface area contributed by atoms with Crippen LogP contribution in [-0.4, -0.2) is 13.9 Å². The van der Waals surface area contributed by atoms with Crippen molar-refractivity contribution in [3.8, 4) is 0 Å². The van der Waals surface area contributed by atoms with Crippen LogP contribution in [0.3, 0.4) is 0 Å². The number of hydrogen-bond donors (Lipinski definition) is 1. The van der Waals surface area contributed by atoms with Gasteiger partial charge in [0, 0.05) is 41.9 Å². The van der Waals surface area contributed by atoms with E-state index in [0.717, 1.165) is 16.6 Å². The van der Waals surface area contributed by atoms with Gasteiger partial charge in [0.25, 0.3) is 0 Å². The summed E-state index contributed by atoms with van der Waals surface area (Å²) in [4.78, 5) is 4.55. The Balaban J connectivity index is 1.63. The van der Waals surface area contributed by atoms with Crippen molar-refractivity contribution in [2.45, 2.75) is 18.8 Å². The number of aryl methyl sites for hydroxylation is 1. The van der Waals surface area contributed by atoms with E-state index < -0.39 is 0 Å². The summed E-state index contributed by atoms with van der Waals surface area (Å²) >= 11 is 1.45. The Morgan fingerprint density at radius 1 is 1.32 bits per heavy atom. The molecule has 0 atom stereocenters. The molecular formula is C14H14N4S. The first-order valence-corrected chi connectivity index (χ1v) is 7.23. The fraction of sp³-hybridized carbons (Fsp3) is 0.286. The van der Waals surface area contributed by atoms with Crippen molar-refractivity contribution >= 4 is 33.3 Å². The zero-order valence-electron chi connectivity index (χ0n) is 10.6. The Bertz CT molecular complexity index is 739. The van der Waals surface area contributed by atoms with Crippen LogP contribution in [0.4, 0.5) is 10.8 Å². The van der Waals surface area contributed by atoms with Crippen LogP contribution in [0.5, 0.6) is 0 Å². The standard InChI is InChI=1S/C14H14N4S/c1-18-7-6-9-4-5-11(8-12(9)18)15-14-16-13(17-19-14)10-2-3-10/h4-8,10H,2-3H2,1H3,(H,15,16,17). The fourth-order valence-electron chi connectivity index (χ4n) is 2.26. The van der Waals surface area contributed by atoms with Crippen molar-refractivity contribution in [2.24, 2.45) is 7.05 Å². The molecule has 0 amide bonds. The second-order valence-electron chi connectivity index (χ2n) is 5.06. The average Bonchev–Trinajstić information content (AvgIpc) is 3.07. The predicted octanol–water partition coefficient (Wildman–Crippen LogP) is 3.65. The average molecular weight is 270 g/mol. The molecule has 3 aromatic rings. The van der Waals surface area contributed by atoms with E-state index in [4.69, 9.17) is 0 Å². The van der Waals surface area contributed by atoms with Gasteiger partial charge in [0.05, 0.1) is 0 Å². The van der Waals surface area contributed by atoms with Crippen molar-refractivity contribution in [1.29, 1.82) is 0 Å². The van der Waals surface area contributed by atoms with Crippen LogP contribution in [0, 0.1) is 0 Å². The summed E-state index contributed by atoms with van der Waals surface area (Å²) in [5.74, 6) is 1.62. The summed E-state index contributed by atoms with van der Waals surface area (Å²) in [5, 5.41) is 5.49. The lowest BCUT2D eigenvalue weighted by molar-refractivity contribution is 0.969. The van der Waals surface area contributed by atoms with Crippen molar-refractivity contribution in [1.82, 2.24) is 13.9 Å². The number of benzene rings is 1. The first kappa shape index (κ1) is 11.0. The smallest absolute Gasteiger partial charge is 0.207 e. The van der Waals surface area contributed by atoms with Gasteiger partial charge < -0.3 is 9.88 Å². The number of aromatic nitrogens is 3. The maximum Gasteiger partial charge on any atom is 0.207 e. The maximum absolute atomic E-state index is 4.55. The van der Waals surface area contributed by atoms with E-state index in [1.807, 2.05) is 0 Å². The van der Waals surface area contributed by atoms with Gasteiger partial charge in [-0.05, 0) is 36.4 Å². The van der Waals surface area contributed by atoms with Gasteiger partial charge in [0.2, 0.25) is 5.13 Å². The molecule has 1 aliphatic rings. The zero-order valence-corrected chi connectivity index (χ0v) is 11.4. The third-order valence-corrected chi connectivity index (χ3v) is 4.17. The van der Waals surface area contributed by atoms with Crippen molar-refractivity contribution in [3.63, 3.8) is 0 Å². The summed E-state index contributed by atoms with van der Waals surface area (Å²) in [5.41, 5.74) is 2.28. The van der Waals surface area contributed by atoms with Crippen molar-refractivity contribution in [2.75, 3.05) is 5.32 Å². The highest BCUT2D eigenvalue weighted by molar-refractivity contribution is 7.09. The Labute approximate surface area is 115 Å². The number of nitrogens with one attached hydrogen (secondary N) is 1. The van der Waals surface area contributed by atoms with Crippen LogP contribution in [-0.2, 0) is 7.05 Å². The highest BCUT2D eigenvalue weighted by atomic mass is 32.1. The third kappa shape index (κ3) is 2.00. The molecule has 5 heteroatoms. The van der Waals surface area contributed by atoms with Gasteiger partial charge in [-0.2, -0.15) is 4.37 Å². The summed E-state index contributed by atoms with van der Waals surface area (Å²) < 4.78 is 6.53. The zero-order chi connectivity index (χ0) is 12.8. The second kappa shape index (κ2) is 4.06. The summed E-state index contributed by atoms with van der Waals surface area (Å²) in [6.45, 7) is 0. The number of fused-ring (bicyclic) bond motifs is 1. The predicted molar refractivity (Wildman–Crippen MR) is 78.1 cm³/mol. The molecule has 2 aromatic heterocycles. The number of hydrogen-bond acceptors (Lipinski definition) is 4.